The van der Waals surface area contributed by atoms with Gasteiger partial charge in [0.1, 0.15) is 9.71 Å². The second kappa shape index (κ2) is 8.75. The monoisotopic (exact) mass is 484 g/mol. The maximum absolute atomic E-state index is 13.5. The minimum Gasteiger partial charge on any atom is -0.347 e. The Morgan fingerprint density at radius 2 is 2.06 bits per heavy atom. The maximum Gasteiger partial charge on any atom is 0.331 e. The lowest BCUT2D eigenvalue weighted by molar-refractivity contribution is 0.0935. The number of nitrogens with zero attached hydrogens (tertiary/aromatic N) is 3. The van der Waals surface area contributed by atoms with Gasteiger partial charge in [0.15, 0.2) is 0 Å². The molecule has 1 saturated heterocycles. The molecule has 0 aliphatic carbocycles. The number of rotatable bonds is 4. The van der Waals surface area contributed by atoms with Crippen LogP contribution in [0.2, 0.25) is 0 Å². The van der Waals surface area contributed by atoms with Gasteiger partial charge in [-0.3, -0.25) is 14.7 Å². The quantitative estimate of drug-likeness (QED) is 0.385. The van der Waals surface area contributed by atoms with E-state index in [1.165, 1.54) is 11.3 Å². The van der Waals surface area contributed by atoms with Gasteiger partial charge in [-0.2, -0.15) is 0 Å². The fourth-order valence-corrected chi connectivity index (χ4v) is 5.79. The van der Waals surface area contributed by atoms with Gasteiger partial charge in [-0.25, -0.2) is 9.78 Å². The zero-order valence-corrected chi connectivity index (χ0v) is 20.0. The van der Waals surface area contributed by atoms with E-state index in [1.807, 2.05) is 55.5 Å². The SMILES string of the molecule is Cc1cc(N2C(=O)Nc3c(C(=O)NC4CCCNC4)sc4nccc2c34)cc(-c2ccccc2)n1. The number of aryl methyl sites for hydroxylation is 1. The molecule has 3 N–H and O–H groups in total. The topological polar surface area (TPSA) is 99.2 Å². The number of hydrogen-bond donors (Lipinski definition) is 3. The molecule has 9 heteroatoms. The molecule has 3 amide bonds. The van der Waals surface area contributed by atoms with E-state index in [0.29, 0.717) is 26.8 Å². The third-order valence-electron chi connectivity index (χ3n) is 6.35. The highest BCUT2D eigenvalue weighted by molar-refractivity contribution is 7.21. The summed E-state index contributed by atoms with van der Waals surface area (Å²) < 4.78 is 0. The number of amides is 3. The molecule has 176 valence electrons. The van der Waals surface area contributed by atoms with Crippen molar-refractivity contribution >= 4 is 50.6 Å². The number of urea groups is 1. The lowest BCUT2D eigenvalue weighted by Gasteiger charge is -2.29. The van der Waals surface area contributed by atoms with Crippen LogP contribution in [0.3, 0.4) is 0 Å². The smallest absolute Gasteiger partial charge is 0.331 e. The molecular weight excluding hydrogens is 460 g/mol. The van der Waals surface area contributed by atoms with Crippen molar-refractivity contribution in [3.05, 3.63) is 65.3 Å². The molecule has 35 heavy (non-hydrogen) atoms. The molecule has 5 heterocycles. The number of nitrogens with one attached hydrogen (secondary N) is 3. The van der Waals surface area contributed by atoms with Crippen LogP contribution < -0.4 is 20.9 Å². The Balaban J connectivity index is 1.42. The van der Waals surface area contributed by atoms with Crippen molar-refractivity contribution in [3.8, 4) is 11.3 Å². The average molecular weight is 485 g/mol. The zero-order valence-electron chi connectivity index (χ0n) is 19.2. The predicted octanol–water partition coefficient (Wildman–Crippen LogP) is 4.83. The Morgan fingerprint density at radius 3 is 2.86 bits per heavy atom. The lowest BCUT2D eigenvalue weighted by atomic mass is 10.1. The van der Waals surface area contributed by atoms with Crippen LogP contribution in [0.5, 0.6) is 0 Å². The highest BCUT2D eigenvalue weighted by atomic mass is 32.1. The van der Waals surface area contributed by atoms with Crippen LogP contribution in [0, 0.1) is 6.92 Å². The van der Waals surface area contributed by atoms with Crippen molar-refractivity contribution in [2.24, 2.45) is 0 Å². The molecule has 0 spiro atoms. The van der Waals surface area contributed by atoms with Gasteiger partial charge < -0.3 is 16.0 Å². The van der Waals surface area contributed by atoms with Crippen molar-refractivity contribution in [3.63, 3.8) is 0 Å². The zero-order chi connectivity index (χ0) is 23.9. The predicted molar refractivity (Wildman–Crippen MR) is 139 cm³/mol. The lowest BCUT2D eigenvalue weighted by Crippen LogP contribution is -2.45. The van der Waals surface area contributed by atoms with Gasteiger partial charge in [-0.15, -0.1) is 11.3 Å². The first-order valence-corrected chi connectivity index (χ1v) is 12.5. The number of benzene rings is 1. The van der Waals surface area contributed by atoms with Gasteiger partial charge in [-0.05, 0) is 44.5 Å². The summed E-state index contributed by atoms with van der Waals surface area (Å²) in [5.41, 5.74) is 4.50. The Hall–Kier alpha value is -3.82. The van der Waals surface area contributed by atoms with E-state index < -0.39 is 0 Å². The number of anilines is 3. The Morgan fingerprint density at radius 1 is 1.20 bits per heavy atom. The fourth-order valence-electron chi connectivity index (χ4n) is 4.76. The molecule has 8 nitrogen and oxygen atoms in total. The first-order valence-electron chi connectivity index (χ1n) is 11.7. The van der Waals surface area contributed by atoms with Gasteiger partial charge in [0, 0.05) is 30.0 Å². The van der Waals surface area contributed by atoms with Crippen molar-refractivity contribution in [1.29, 1.82) is 0 Å². The summed E-state index contributed by atoms with van der Waals surface area (Å²) in [6.07, 6.45) is 3.65. The highest BCUT2D eigenvalue weighted by Gasteiger charge is 2.33. The van der Waals surface area contributed by atoms with Gasteiger partial charge in [-0.1, -0.05) is 30.3 Å². The highest BCUT2D eigenvalue weighted by Crippen LogP contribution is 2.46. The number of pyridine rings is 2. The molecular formula is C26H24N6O2S. The molecule has 0 saturated carbocycles. The summed E-state index contributed by atoms with van der Waals surface area (Å²) in [7, 11) is 0. The van der Waals surface area contributed by atoms with Crippen LogP contribution in [-0.2, 0) is 0 Å². The number of carbonyl (C=O) groups is 2. The molecule has 2 aliphatic heterocycles. The Labute approximate surface area is 206 Å². The van der Waals surface area contributed by atoms with Crippen LogP contribution in [0.1, 0.15) is 28.2 Å². The second-order valence-corrected chi connectivity index (χ2v) is 9.82. The van der Waals surface area contributed by atoms with E-state index in [2.05, 4.69) is 25.9 Å². The van der Waals surface area contributed by atoms with Gasteiger partial charge >= 0.3 is 6.03 Å². The van der Waals surface area contributed by atoms with E-state index in [4.69, 9.17) is 0 Å². The third-order valence-corrected chi connectivity index (χ3v) is 7.45. The van der Waals surface area contributed by atoms with Crippen LogP contribution in [-0.4, -0.2) is 41.0 Å². The summed E-state index contributed by atoms with van der Waals surface area (Å²) in [6, 6.07) is 15.3. The van der Waals surface area contributed by atoms with Gasteiger partial charge in [0.25, 0.3) is 5.91 Å². The van der Waals surface area contributed by atoms with E-state index in [1.54, 1.807) is 11.1 Å². The van der Waals surface area contributed by atoms with E-state index in [9.17, 15) is 9.59 Å². The Bertz CT molecular complexity index is 1450. The number of thiophene rings is 1. The first kappa shape index (κ1) is 21.7. The normalized spacial score (nSPS) is 17.3. The summed E-state index contributed by atoms with van der Waals surface area (Å²) in [5, 5.41) is 10.2. The summed E-state index contributed by atoms with van der Waals surface area (Å²) in [5.74, 6) is -0.178. The Kier molecular flexibility index (Phi) is 5.43. The summed E-state index contributed by atoms with van der Waals surface area (Å²) in [4.78, 5) is 38.6. The van der Waals surface area contributed by atoms with Gasteiger partial charge in [0.2, 0.25) is 0 Å². The molecule has 0 bridgehead atoms. The number of hydrogen-bond acceptors (Lipinski definition) is 6. The first-order chi connectivity index (χ1) is 17.1. The molecule has 1 aromatic carbocycles. The standard InChI is InChI=1S/C26H24N6O2S/c1-15-12-18(13-19(29-15)16-6-3-2-4-7-16)32-20-9-11-28-25-21(20)22(31-26(32)34)23(35-25)24(33)30-17-8-5-10-27-14-17/h2-4,6-7,9,11-13,17,27H,5,8,10,14H2,1H3,(H,30,33)(H,31,34). The minimum absolute atomic E-state index is 0.0769. The third kappa shape index (κ3) is 3.92. The summed E-state index contributed by atoms with van der Waals surface area (Å²) in [6.45, 7) is 3.64. The second-order valence-electron chi connectivity index (χ2n) is 8.82. The maximum atomic E-state index is 13.5. The van der Waals surface area contributed by atoms with Crippen LogP contribution in [0.25, 0.3) is 21.5 Å². The molecule has 6 rings (SSSR count). The van der Waals surface area contributed by atoms with Crippen molar-refractivity contribution in [2.75, 3.05) is 23.3 Å². The molecule has 0 radical (unpaired) electrons. The molecule has 1 unspecified atom stereocenters. The fraction of sp³-hybridized carbons (Fsp3) is 0.231. The molecule has 1 atom stereocenters. The molecule has 2 aliphatic rings. The molecule has 3 aromatic heterocycles. The minimum atomic E-state index is -0.318. The van der Waals surface area contributed by atoms with Crippen molar-refractivity contribution in [1.82, 2.24) is 20.6 Å². The number of piperidine rings is 1. The van der Waals surface area contributed by atoms with Crippen LogP contribution in [0.15, 0.2) is 54.7 Å². The average Bonchev–Trinajstić information content (AvgIpc) is 3.24. The summed E-state index contributed by atoms with van der Waals surface area (Å²) >= 11 is 1.30. The van der Waals surface area contributed by atoms with Crippen molar-refractivity contribution in [2.45, 2.75) is 25.8 Å². The largest absolute Gasteiger partial charge is 0.347 e. The molecule has 1 fully saturated rings. The van der Waals surface area contributed by atoms with E-state index in [0.717, 1.165) is 48.3 Å². The van der Waals surface area contributed by atoms with Crippen molar-refractivity contribution < 1.29 is 9.59 Å². The van der Waals surface area contributed by atoms with Crippen LogP contribution >= 0.6 is 11.3 Å². The number of carbonyl (C=O) groups excluding carboxylic acids is 2. The van der Waals surface area contributed by atoms with Gasteiger partial charge in [0.05, 0.1) is 28.1 Å². The van der Waals surface area contributed by atoms with Crippen LogP contribution in [0.4, 0.5) is 21.9 Å². The number of aromatic nitrogens is 2. The van der Waals surface area contributed by atoms with E-state index in [-0.39, 0.29) is 18.0 Å². The van der Waals surface area contributed by atoms with E-state index >= 15 is 0 Å². The molecule has 4 aromatic rings.